The summed E-state index contributed by atoms with van der Waals surface area (Å²) in [6.45, 7) is 11.0. The Morgan fingerprint density at radius 3 is 2.20 bits per heavy atom. The summed E-state index contributed by atoms with van der Waals surface area (Å²) in [6.07, 6.45) is 1.49. The topological polar surface area (TPSA) is 94.8 Å². The number of aliphatic hydroxyl groups excluding tert-OH is 2. The number of hydrogen-bond acceptors (Lipinski definition) is 5. The van der Waals surface area contributed by atoms with Crippen molar-refractivity contribution in [3.05, 3.63) is 23.0 Å². The molecule has 0 amide bonds. The van der Waals surface area contributed by atoms with Gasteiger partial charge in [0.2, 0.25) is 0 Å². The van der Waals surface area contributed by atoms with E-state index in [2.05, 4.69) is 0 Å². The van der Waals surface area contributed by atoms with Crippen LogP contribution in [0.25, 0.3) is 0 Å². The second-order valence-electron chi connectivity index (χ2n) is 7.99. The molecule has 1 aliphatic rings. The third-order valence-electron chi connectivity index (χ3n) is 4.77. The Labute approximate surface area is 150 Å². The number of aliphatic hydroxyl groups is 3. The minimum Gasteiger partial charge on any atom is -0.508 e. The molecule has 5 heteroatoms. The van der Waals surface area contributed by atoms with E-state index in [0.29, 0.717) is 12.3 Å². The first-order valence-corrected chi connectivity index (χ1v) is 9.00. The molecule has 0 spiro atoms. The van der Waals surface area contributed by atoms with Crippen molar-refractivity contribution in [2.45, 2.75) is 72.5 Å². The van der Waals surface area contributed by atoms with Crippen LogP contribution < -0.4 is 0 Å². The molecule has 3 N–H and O–H groups in total. The lowest BCUT2D eigenvalue weighted by atomic mass is 9.79. The summed E-state index contributed by atoms with van der Waals surface area (Å²) in [5.41, 5.74) is -1.51. The van der Waals surface area contributed by atoms with E-state index in [1.165, 1.54) is 0 Å². The molecule has 0 saturated carbocycles. The first-order chi connectivity index (χ1) is 11.4. The molecule has 0 radical (unpaired) electrons. The van der Waals surface area contributed by atoms with Gasteiger partial charge in [-0.25, -0.2) is 0 Å². The highest BCUT2D eigenvalue weighted by Crippen LogP contribution is 2.43. The number of rotatable bonds is 8. The fourth-order valence-electron chi connectivity index (χ4n) is 3.12. The first-order valence-electron chi connectivity index (χ1n) is 9.00. The van der Waals surface area contributed by atoms with E-state index in [4.69, 9.17) is 0 Å². The number of hydrogen-bond donors (Lipinski definition) is 3. The largest absolute Gasteiger partial charge is 0.508 e. The van der Waals surface area contributed by atoms with Gasteiger partial charge in [0, 0.05) is 5.92 Å². The standard InChI is InChI=1S/C20H32O5/c1-11(2)7-9-14-18(23)16(17(22)13(5)6)19(24)20(14,25)15(21)10-8-12(3)4/h7,12-15,21,24-25H,8-10H2,1-6H3/t14?,15?,20-/m0/s1. The number of Topliss-reactive ketones (excluding diaryl/α,β-unsaturated/α-hetero) is 2. The van der Waals surface area contributed by atoms with Crippen LogP contribution in [0.2, 0.25) is 0 Å². The average molecular weight is 352 g/mol. The lowest BCUT2D eigenvalue weighted by Crippen LogP contribution is -2.49. The smallest absolute Gasteiger partial charge is 0.176 e. The van der Waals surface area contributed by atoms with Crippen LogP contribution in [0.5, 0.6) is 0 Å². The van der Waals surface area contributed by atoms with E-state index in [1.54, 1.807) is 19.9 Å². The molecule has 0 aromatic rings. The van der Waals surface area contributed by atoms with E-state index in [0.717, 1.165) is 5.57 Å². The fraction of sp³-hybridized carbons (Fsp3) is 0.700. The first kappa shape index (κ1) is 21.6. The number of ketones is 2. The maximum absolute atomic E-state index is 12.8. The molecule has 2 unspecified atom stereocenters. The average Bonchev–Trinajstić information content (AvgIpc) is 2.69. The normalized spacial score (nSPS) is 25.0. The summed E-state index contributed by atoms with van der Waals surface area (Å²) in [5.74, 6) is -2.99. The van der Waals surface area contributed by atoms with E-state index >= 15 is 0 Å². The van der Waals surface area contributed by atoms with Crippen molar-refractivity contribution >= 4 is 11.6 Å². The molecule has 0 bridgehead atoms. The number of carbonyl (C=O) groups excluding carboxylic acids is 2. The van der Waals surface area contributed by atoms with Gasteiger partial charge in [0.1, 0.15) is 11.3 Å². The van der Waals surface area contributed by atoms with Crippen molar-refractivity contribution in [3.63, 3.8) is 0 Å². The Kier molecular flexibility index (Phi) is 7.15. The van der Waals surface area contributed by atoms with E-state index < -0.39 is 40.9 Å². The van der Waals surface area contributed by atoms with Crippen molar-refractivity contribution < 1.29 is 24.9 Å². The van der Waals surface area contributed by atoms with E-state index in [1.807, 2.05) is 27.7 Å². The second kappa shape index (κ2) is 8.28. The Bertz CT molecular complexity index is 581. The summed E-state index contributed by atoms with van der Waals surface area (Å²) < 4.78 is 0. The molecule has 1 aliphatic carbocycles. The van der Waals surface area contributed by atoms with Gasteiger partial charge in [0.15, 0.2) is 17.2 Å². The zero-order valence-electron chi connectivity index (χ0n) is 16.2. The molecule has 0 aromatic heterocycles. The quantitative estimate of drug-likeness (QED) is 0.461. The molecular formula is C20H32O5. The van der Waals surface area contributed by atoms with Crippen LogP contribution in [-0.4, -0.2) is 38.6 Å². The molecule has 0 aromatic carbocycles. The monoisotopic (exact) mass is 352 g/mol. The van der Waals surface area contributed by atoms with Gasteiger partial charge in [0.25, 0.3) is 0 Å². The van der Waals surface area contributed by atoms with Gasteiger partial charge in [0.05, 0.1) is 12.0 Å². The summed E-state index contributed by atoms with van der Waals surface area (Å²) in [4.78, 5) is 25.2. The molecule has 0 fully saturated rings. The van der Waals surface area contributed by atoms with Crippen LogP contribution in [0.1, 0.15) is 60.8 Å². The molecule has 0 heterocycles. The van der Waals surface area contributed by atoms with Crippen molar-refractivity contribution in [2.75, 3.05) is 0 Å². The number of carbonyl (C=O) groups is 2. The summed E-state index contributed by atoms with van der Waals surface area (Å²) in [6, 6.07) is 0. The highest BCUT2D eigenvalue weighted by atomic mass is 16.4. The summed E-state index contributed by atoms with van der Waals surface area (Å²) in [5, 5.41) is 32.3. The van der Waals surface area contributed by atoms with Crippen LogP contribution >= 0.6 is 0 Å². The third-order valence-corrected chi connectivity index (χ3v) is 4.77. The highest BCUT2D eigenvalue weighted by Gasteiger charge is 2.58. The minimum absolute atomic E-state index is 0.162. The molecule has 25 heavy (non-hydrogen) atoms. The fourth-order valence-corrected chi connectivity index (χ4v) is 3.12. The molecule has 5 nitrogen and oxygen atoms in total. The molecular weight excluding hydrogens is 320 g/mol. The van der Waals surface area contributed by atoms with Gasteiger partial charge in [-0.3, -0.25) is 9.59 Å². The maximum Gasteiger partial charge on any atom is 0.176 e. The number of allylic oxidation sites excluding steroid dienone is 3. The van der Waals surface area contributed by atoms with E-state index in [-0.39, 0.29) is 18.4 Å². The van der Waals surface area contributed by atoms with Crippen LogP contribution in [0.4, 0.5) is 0 Å². The molecule has 3 atom stereocenters. The van der Waals surface area contributed by atoms with Crippen molar-refractivity contribution in [1.82, 2.24) is 0 Å². The molecule has 0 saturated heterocycles. The van der Waals surface area contributed by atoms with Gasteiger partial charge >= 0.3 is 0 Å². The Hall–Kier alpha value is -1.46. The van der Waals surface area contributed by atoms with Gasteiger partial charge in [-0.15, -0.1) is 0 Å². The highest BCUT2D eigenvalue weighted by molar-refractivity contribution is 6.24. The van der Waals surface area contributed by atoms with Crippen LogP contribution in [0.3, 0.4) is 0 Å². The van der Waals surface area contributed by atoms with Crippen LogP contribution in [-0.2, 0) is 9.59 Å². The van der Waals surface area contributed by atoms with Crippen LogP contribution in [0, 0.1) is 17.8 Å². The van der Waals surface area contributed by atoms with Crippen LogP contribution in [0.15, 0.2) is 23.0 Å². The predicted molar refractivity (Wildman–Crippen MR) is 97.1 cm³/mol. The molecule has 142 valence electrons. The van der Waals surface area contributed by atoms with Gasteiger partial charge < -0.3 is 15.3 Å². The lowest BCUT2D eigenvalue weighted by Gasteiger charge is -2.34. The lowest BCUT2D eigenvalue weighted by molar-refractivity contribution is -0.136. The summed E-state index contributed by atoms with van der Waals surface area (Å²) >= 11 is 0. The minimum atomic E-state index is -2.11. The van der Waals surface area contributed by atoms with E-state index in [9.17, 15) is 24.9 Å². The SMILES string of the molecule is CC(C)=CCC1C(=O)C(C(=O)C(C)C)=C(O)[C@@]1(O)C(O)CCC(C)C. The molecule has 1 rings (SSSR count). The van der Waals surface area contributed by atoms with Gasteiger partial charge in [-0.05, 0) is 39.0 Å². The predicted octanol–water partition coefficient (Wildman–Crippen LogP) is 3.11. The maximum atomic E-state index is 12.8. The zero-order valence-corrected chi connectivity index (χ0v) is 16.2. The van der Waals surface area contributed by atoms with Gasteiger partial charge in [-0.1, -0.05) is 39.3 Å². The third kappa shape index (κ3) is 4.39. The second-order valence-corrected chi connectivity index (χ2v) is 7.99. The van der Waals surface area contributed by atoms with Gasteiger partial charge in [-0.2, -0.15) is 0 Å². The Morgan fingerprint density at radius 2 is 1.76 bits per heavy atom. The van der Waals surface area contributed by atoms with Crippen molar-refractivity contribution in [3.8, 4) is 0 Å². The molecule has 0 aliphatic heterocycles. The zero-order chi connectivity index (χ0) is 19.5. The Morgan fingerprint density at radius 1 is 1.20 bits per heavy atom. The van der Waals surface area contributed by atoms with Crippen molar-refractivity contribution in [1.29, 1.82) is 0 Å². The summed E-state index contributed by atoms with van der Waals surface area (Å²) in [7, 11) is 0. The van der Waals surface area contributed by atoms with Crippen molar-refractivity contribution in [2.24, 2.45) is 17.8 Å². The Balaban J connectivity index is 3.34.